The van der Waals surface area contributed by atoms with Gasteiger partial charge in [0.05, 0.1) is 8.31 Å². The van der Waals surface area contributed by atoms with Crippen LogP contribution in [0.1, 0.15) is 40.5 Å². The van der Waals surface area contributed by atoms with Gasteiger partial charge in [0, 0.05) is 13.6 Å². The molecule has 0 rings (SSSR count). The summed E-state index contributed by atoms with van der Waals surface area (Å²) in [6.07, 6.45) is 2.61. The normalized spacial score (nSPS) is 15.5. The van der Waals surface area contributed by atoms with E-state index < -0.39 is 15.9 Å². The highest BCUT2D eigenvalue weighted by molar-refractivity contribution is 7.33. The third-order valence-corrected chi connectivity index (χ3v) is 15.8. The zero-order valence-electron chi connectivity index (χ0n) is 13.1. The van der Waals surface area contributed by atoms with Gasteiger partial charge in [0.15, 0.2) is 0 Å². The first-order valence-electron chi connectivity index (χ1n) is 7.15. The van der Waals surface area contributed by atoms with Gasteiger partial charge in [-0.25, -0.2) is 0 Å². The van der Waals surface area contributed by atoms with Crippen molar-refractivity contribution in [2.24, 2.45) is 0 Å². The van der Waals surface area contributed by atoms with Gasteiger partial charge in [-0.15, -0.1) is 5.70 Å². The fraction of sp³-hybridized carbons (Fsp3) is 0.857. The maximum absolute atomic E-state index is 3.61. The van der Waals surface area contributed by atoms with Crippen molar-refractivity contribution in [2.75, 3.05) is 6.54 Å². The Morgan fingerprint density at radius 3 is 2.29 bits per heavy atom. The van der Waals surface area contributed by atoms with Gasteiger partial charge in [-0.3, -0.25) is 0 Å². The summed E-state index contributed by atoms with van der Waals surface area (Å²) in [7, 11) is -1.52. The summed E-state index contributed by atoms with van der Waals surface area (Å²) in [5, 5.41) is 3.61. The lowest BCUT2D eigenvalue weighted by molar-refractivity contribution is 0.532. The van der Waals surface area contributed by atoms with Crippen LogP contribution >= 0.6 is 0 Å². The minimum Gasteiger partial charge on any atom is -0.314 e. The second-order valence-electron chi connectivity index (χ2n) is 6.62. The second kappa shape index (κ2) is 8.27. The number of rotatable bonds is 8. The van der Waals surface area contributed by atoms with E-state index in [1.165, 1.54) is 25.4 Å². The van der Waals surface area contributed by atoms with Crippen LogP contribution in [0.3, 0.4) is 0 Å². The summed E-state index contributed by atoms with van der Waals surface area (Å²) in [4.78, 5) is 0. The summed E-state index contributed by atoms with van der Waals surface area (Å²) in [5.74, 6) is 0. The predicted octanol–water partition coefficient (Wildman–Crippen LogP) is 3.91. The van der Waals surface area contributed by atoms with E-state index in [0.717, 1.165) is 0 Å². The summed E-state index contributed by atoms with van der Waals surface area (Å²) in [5.41, 5.74) is 4.19. The second-order valence-corrected chi connectivity index (χ2v) is 20.9. The van der Waals surface area contributed by atoms with Crippen LogP contribution in [-0.4, -0.2) is 28.5 Å². The summed E-state index contributed by atoms with van der Waals surface area (Å²) in [6.45, 7) is 17.9. The van der Waals surface area contributed by atoms with E-state index >= 15 is 0 Å². The van der Waals surface area contributed by atoms with Gasteiger partial charge in [0.1, 0.15) is 0 Å². The molecule has 0 aromatic rings. The molecule has 0 aliphatic carbocycles. The smallest absolute Gasteiger partial charge is 0.0552 e. The lowest BCUT2D eigenvalue weighted by Gasteiger charge is -2.25. The third-order valence-electron chi connectivity index (χ3n) is 3.44. The lowest BCUT2D eigenvalue weighted by Crippen LogP contribution is -2.42. The lowest BCUT2D eigenvalue weighted by atomic mass is 10.2. The van der Waals surface area contributed by atoms with E-state index in [4.69, 9.17) is 0 Å². The van der Waals surface area contributed by atoms with Gasteiger partial charge in [0.25, 0.3) is 0 Å². The van der Waals surface area contributed by atoms with Crippen molar-refractivity contribution < 1.29 is 0 Å². The van der Waals surface area contributed by atoms with Crippen molar-refractivity contribution in [3.63, 3.8) is 0 Å². The molecular weight excluding hydrogens is 238 g/mol. The standard InChI is InChI=1S/C14H33NSi2/c1-8-14(4)15-10-9-11-16(12-13(2)3)17(5,6)7/h12,14-16H,8-11H2,1-7H3. The van der Waals surface area contributed by atoms with Gasteiger partial charge in [0.2, 0.25) is 0 Å². The van der Waals surface area contributed by atoms with Crippen molar-refractivity contribution in [1.82, 2.24) is 5.32 Å². The van der Waals surface area contributed by atoms with Gasteiger partial charge in [-0.1, -0.05) is 38.2 Å². The average molecular weight is 272 g/mol. The molecule has 0 radical (unpaired) electrons. The zero-order chi connectivity index (χ0) is 13.5. The van der Waals surface area contributed by atoms with Gasteiger partial charge in [-0.05, 0) is 40.2 Å². The van der Waals surface area contributed by atoms with Crippen molar-refractivity contribution in [1.29, 1.82) is 0 Å². The summed E-state index contributed by atoms with van der Waals surface area (Å²) >= 11 is 0. The molecule has 0 heterocycles. The number of hydrogen-bond donors (Lipinski definition) is 1. The van der Waals surface area contributed by atoms with E-state index in [0.29, 0.717) is 6.04 Å². The van der Waals surface area contributed by atoms with Gasteiger partial charge < -0.3 is 5.32 Å². The SMILES string of the molecule is CCC(C)NCCC[SiH](C=C(C)C)[Si](C)(C)C. The average Bonchev–Trinajstić information content (AvgIpc) is 2.20. The number of nitrogens with one attached hydrogen (secondary N) is 1. The van der Waals surface area contributed by atoms with Crippen LogP contribution in [0.4, 0.5) is 0 Å². The largest absolute Gasteiger partial charge is 0.314 e. The molecule has 0 aromatic carbocycles. The highest BCUT2D eigenvalue weighted by Crippen LogP contribution is 2.15. The number of allylic oxidation sites excluding steroid dienone is 1. The van der Waals surface area contributed by atoms with Gasteiger partial charge in [-0.2, -0.15) is 0 Å². The van der Waals surface area contributed by atoms with Crippen LogP contribution in [0, 0.1) is 0 Å². The molecule has 0 aromatic heterocycles. The van der Waals surface area contributed by atoms with E-state index in [1.807, 2.05) is 0 Å². The zero-order valence-corrected chi connectivity index (χ0v) is 15.2. The Labute approximate surface area is 111 Å². The Hall–Kier alpha value is 0.134. The molecule has 0 saturated heterocycles. The molecule has 0 amide bonds. The molecular formula is C14H33NSi2. The molecule has 0 aliphatic rings. The van der Waals surface area contributed by atoms with Crippen molar-refractivity contribution in [3.05, 3.63) is 11.3 Å². The fourth-order valence-electron chi connectivity index (χ4n) is 1.98. The van der Waals surface area contributed by atoms with E-state index in [9.17, 15) is 0 Å². The van der Waals surface area contributed by atoms with Crippen LogP contribution in [0.15, 0.2) is 11.3 Å². The first kappa shape index (κ1) is 17.1. The molecule has 3 heteroatoms. The van der Waals surface area contributed by atoms with E-state index in [1.54, 1.807) is 5.57 Å². The third kappa shape index (κ3) is 8.80. The van der Waals surface area contributed by atoms with Crippen molar-refractivity contribution >= 4 is 15.9 Å². The molecule has 0 saturated carbocycles. The van der Waals surface area contributed by atoms with Crippen LogP contribution in [0.2, 0.25) is 25.7 Å². The Morgan fingerprint density at radius 2 is 1.88 bits per heavy atom. The molecule has 0 aliphatic heterocycles. The first-order chi connectivity index (χ1) is 7.77. The van der Waals surface area contributed by atoms with E-state index in [2.05, 4.69) is 58.4 Å². The molecule has 0 spiro atoms. The quantitative estimate of drug-likeness (QED) is 0.521. The Morgan fingerprint density at radius 1 is 1.29 bits per heavy atom. The number of hydrogen-bond acceptors (Lipinski definition) is 1. The Balaban J connectivity index is 4.07. The molecule has 2 unspecified atom stereocenters. The minimum atomic E-state index is -0.900. The molecule has 0 fully saturated rings. The minimum absolute atomic E-state index is 0.615. The molecule has 17 heavy (non-hydrogen) atoms. The first-order valence-corrected chi connectivity index (χ1v) is 13.9. The van der Waals surface area contributed by atoms with Gasteiger partial charge >= 0.3 is 0 Å². The summed E-state index contributed by atoms with van der Waals surface area (Å²) < 4.78 is 0. The maximum Gasteiger partial charge on any atom is 0.0552 e. The molecule has 1 N–H and O–H groups in total. The molecule has 102 valence electrons. The Kier molecular flexibility index (Phi) is 8.34. The molecule has 0 bridgehead atoms. The van der Waals surface area contributed by atoms with Crippen molar-refractivity contribution in [3.8, 4) is 0 Å². The van der Waals surface area contributed by atoms with E-state index in [-0.39, 0.29) is 0 Å². The summed E-state index contributed by atoms with van der Waals surface area (Å²) in [6, 6.07) is 2.18. The fourth-order valence-corrected chi connectivity index (χ4v) is 10.7. The van der Waals surface area contributed by atoms with Crippen molar-refractivity contribution in [2.45, 2.75) is 72.3 Å². The monoisotopic (exact) mass is 271 g/mol. The van der Waals surface area contributed by atoms with Crippen LogP contribution < -0.4 is 5.32 Å². The molecule has 1 nitrogen and oxygen atoms in total. The highest BCUT2D eigenvalue weighted by atomic mass is 29.2. The highest BCUT2D eigenvalue weighted by Gasteiger charge is 2.25. The predicted molar refractivity (Wildman–Crippen MR) is 87.1 cm³/mol. The topological polar surface area (TPSA) is 12.0 Å². The van der Waals surface area contributed by atoms with Crippen LogP contribution in [-0.2, 0) is 0 Å². The molecule has 2 atom stereocenters. The Bertz CT molecular complexity index is 227. The van der Waals surface area contributed by atoms with Crippen LogP contribution in [0.5, 0.6) is 0 Å². The maximum atomic E-state index is 3.61. The van der Waals surface area contributed by atoms with Crippen LogP contribution in [0.25, 0.3) is 0 Å².